The van der Waals surface area contributed by atoms with E-state index in [2.05, 4.69) is 15.3 Å². The zero-order valence-corrected chi connectivity index (χ0v) is 17.0. The van der Waals surface area contributed by atoms with Crippen LogP contribution in [0.25, 0.3) is 21.9 Å². The first kappa shape index (κ1) is 18.9. The topological polar surface area (TPSA) is 79.8 Å². The molecule has 0 saturated carbocycles. The first-order valence-corrected chi connectivity index (χ1v) is 10.0. The highest BCUT2D eigenvalue weighted by Gasteiger charge is 2.15. The van der Waals surface area contributed by atoms with Crippen molar-refractivity contribution in [1.82, 2.24) is 14.5 Å². The molecule has 2 aromatic carbocycles. The number of fused-ring (bicyclic) bond motifs is 3. The van der Waals surface area contributed by atoms with E-state index in [0.29, 0.717) is 31.9 Å². The number of amides is 1. The Morgan fingerprint density at radius 3 is 2.79 bits per heavy atom. The lowest BCUT2D eigenvalue weighted by atomic mass is 10.2. The van der Waals surface area contributed by atoms with Crippen LogP contribution in [0.3, 0.4) is 0 Å². The Hall–Kier alpha value is -2.48. The van der Waals surface area contributed by atoms with Crippen molar-refractivity contribution >= 4 is 68.5 Å². The molecule has 0 atom stereocenters. The molecule has 2 aromatic heterocycles. The quantitative estimate of drug-likeness (QED) is 0.368. The maximum Gasteiger partial charge on any atom is 0.278 e. The van der Waals surface area contributed by atoms with Crippen molar-refractivity contribution in [3.05, 3.63) is 62.9 Å². The first-order valence-electron chi connectivity index (χ1n) is 8.29. The van der Waals surface area contributed by atoms with Gasteiger partial charge in [0.05, 0.1) is 15.8 Å². The number of thioether (sulfide) groups is 1. The van der Waals surface area contributed by atoms with E-state index in [1.165, 1.54) is 16.3 Å². The summed E-state index contributed by atoms with van der Waals surface area (Å²) in [5.41, 5.74) is 2.27. The molecule has 2 N–H and O–H groups in total. The van der Waals surface area contributed by atoms with Gasteiger partial charge in [-0.3, -0.25) is 14.2 Å². The Bertz CT molecular complexity index is 1280. The number of benzene rings is 2. The molecule has 0 fully saturated rings. The van der Waals surface area contributed by atoms with Crippen molar-refractivity contribution in [2.24, 2.45) is 7.05 Å². The highest BCUT2D eigenvalue weighted by molar-refractivity contribution is 7.99. The summed E-state index contributed by atoms with van der Waals surface area (Å²) in [5, 5.41) is 4.87. The van der Waals surface area contributed by atoms with E-state index in [1.807, 2.05) is 24.3 Å². The molecule has 0 aliphatic rings. The number of rotatable bonds is 4. The van der Waals surface area contributed by atoms with Gasteiger partial charge in [-0.25, -0.2) is 4.98 Å². The molecule has 4 aromatic rings. The van der Waals surface area contributed by atoms with E-state index in [4.69, 9.17) is 23.2 Å². The van der Waals surface area contributed by atoms with Gasteiger partial charge in [0.2, 0.25) is 5.91 Å². The molecular weight excluding hydrogens is 419 g/mol. The smallest absolute Gasteiger partial charge is 0.278 e. The van der Waals surface area contributed by atoms with Crippen LogP contribution in [0.1, 0.15) is 0 Å². The zero-order chi connectivity index (χ0) is 19.8. The van der Waals surface area contributed by atoms with E-state index >= 15 is 0 Å². The molecule has 0 aliphatic heterocycles. The molecule has 6 nitrogen and oxygen atoms in total. The Kier molecular flexibility index (Phi) is 5.05. The predicted octanol–water partition coefficient (Wildman–Crippen LogP) is 4.45. The van der Waals surface area contributed by atoms with Crippen LogP contribution < -0.4 is 10.9 Å². The third-order valence-electron chi connectivity index (χ3n) is 4.23. The maximum atomic E-state index is 12.7. The number of nitrogens with zero attached hydrogens (tertiary/aromatic N) is 2. The summed E-state index contributed by atoms with van der Waals surface area (Å²) in [4.78, 5) is 32.7. The maximum absolute atomic E-state index is 12.7. The number of anilines is 1. The number of H-pyrrole nitrogens is 1. The number of para-hydroxylation sites is 1. The van der Waals surface area contributed by atoms with Crippen LogP contribution in [0.2, 0.25) is 10.0 Å². The van der Waals surface area contributed by atoms with E-state index < -0.39 is 0 Å². The van der Waals surface area contributed by atoms with Crippen molar-refractivity contribution in [2.45, 2.75) is 5.16 Å². The van der Waals surface area contributed by atoms with Crippen LogP contribution in [0.5, 0.6) is 0 Å². The van der Waals surface area contributed by atoms with Crippen molar-refractivity contribution in [1.29, 1.82) is 0 Å². The van der Waals surface area contributed by atoms with Gasteiger partial charge in [0.25, 0.3) is 5.56 Å². The largest absolute Gasteiger partial charge is 0.349 e. The van der Waals surface area contributed by atoms with Crippen molar-refractivity contribution in [3.63, 3.8) is 0 Å². The average molecular weight is 433 g/mol. The second-order valence-corrected chi connectivity index (χ2v) is 7.88. The van der Waals surface area contributed by atoms with Crippen LogP contribution in [-0.2, 0) is 11.8 Å². The lowest BCUT2D eigenvalue weighted by Gasteiger charge is -2.08. The molecule has 0 spiro atoms. The van der Waals surface area contributed by atoms with Crippen LogP contribution in [0.15, 0.2) is 52.4 Å². The highest BCUT2D eigenvalue weighted by atomic mass is 35.5. The van der Waals surface area contributed by atoms with Crippen molar-refractivity contribution in [2.75, 3.05) is 11.1 Å². The van der Waals surface area contributed by atoms with Gasteiger partial charge in [0.1, 0.15) is 11.0 Å². The molecule has 0 bridgehead atoms. The molecule has 1 amide bonds. The van der Waals surface area contributed by atoms with Crippen molar-refractivity contribution < 1.29 is 4.79 Å². The summed E-state index contributed by atoms with van der Waals surface area (Å²) in [6.45, 7) is 0. The Morgan fingerprint density at radius 1 is 1.21 bits per heavy atom. The second kappa shape index (κ2) is 7.50. The number of aromatic nitrogens is 3. The number of halogens is 2. The van der Waals surface area contributed by atoms with Gasteiger partial charge >= 0.3 is 0 Å². The molecule has 28 heavy (non-hydrogen) atoms. The van der Waals surface area contributed by atoms with Crippen LogP contribution in [0.4, 0.5) is 5.69 Å². The summed E-state index contributed by atoms with van der Waals surface area (Å²) in [7, 11) is 1.64. The van der Waals surface area contributed by atoms with E-state index in [1.54, 1.807) is 25.2 Å². The van der Waals surface area contributed by atoms with Gasteiger partial charge in [0, 0.05) is 23.6 Å². The number of aromatic amines is 1. The first-order chi connectivity index (χ1) is 13.4. The molecule has 0 saturated heterocycles. The molecule has 4 rings (SSSR count). The molecule has 9 heteroatoms. The van der Waals surface area contributed by atoms with E-state index in [-0.39, 0.29) is 17.2 Å². The van der Waals surface area contributed by atoms with Crippen molar-refractivity contribution in [3.8, 4) is 0 Å². The van der Waals surface area contributed by atoms with Crippen LogP contribution >= 0.6 is 35.0 Å². The zero-order valence-electron chi connectivity index (χ0n) is 14.6. The van der Waals surface area contributed by atoms with Gasteiger partial charge < -0.3 is 10.3 Å². The second-order valence-electron chi connectivity index (χ2n) is 6.12. The Labute approximate surface area is 173 Å². The third-order valence-corrected chi connectivity index (χ3v) is 6.00. The van der Waals surface area contributed by atoms with Gasteiger partial charge in [0.15, 0.2) is 5.16 Å². The minimum atomic E-state index is -0.239. The van der Waals surface area contributed by atoms with Gasteiger partial charge in [-0.05, 0) is 24.3 Å². The summed E-state index contributed by atoms with van der Waals surface area (Å²) in [6, 6.07) is 12.5. The fourth-order valence-electron chi connectivity index (χ4n) is 2.85. The van der Waals surface area contributed by atoms with Crippen LogP contribution in [-0.4, -0.2) is 26.2 Å². The minimum Gasteiger partial charge on any atom is -0.349 e. The number of carbonyl (C=O) groups excluding carboxylic acids is 1. The monoisotopic (exact) mass is 432 g/mol. The summed E-state index contributed by atoms with van der Waals surface area (Å²) < 4.78 is 1.44. The lowest BCUT2D eigenvalue weighted by Crippen LogP contribution is -2.21. The average Bonchev–Trinajstić information content (AvgIpc) is 3.05. The number of carbonyl (C=O) groups is 1. The predicted molar refractivity (Wildman–Crippen MR) is 115 cm³/mol. The van der Waals surface area contributed by atoms with Crippen LogP contribution in [0, 0.1) is 0 Å². The normalized spacial score (nSPS) is 11.2. The Balaban J connectivity index is 1.58. The molecule has 0 aliphatic carbocycles. The van der Waals surface area contributed by atoms with Gasteiger partial charge in [-0.1, -0.05) is 53.2 Å². The number of hydrogen-bond donors (Lipinski definition) is 2. The Morgan fingerprint density at radius 2 is 2.00 bits per heavy atom. The molecular formula is C19H14Cl2N4O2S. The van der Waals surface area contributed by atoms with E-state index in [0.717, 1.165) is 10.9 Å². The fraction of sp³-hybridized carbons (Fsp3) is 0.105. The highest BCUT2D eigenvalue weighted by Crippen LogP contribution is 2.26. The molecule has 2 heterocycles. The summed E-state index contributed by atoms with van der Waals surface area (Å²) >= 11 is 13.0. The number of nitrogens with one attached hydrogen (secondary N) is 2. The lowest BCUT2D eigenvalue weighted by molar-refractivity contribution is -0.113. The van der Waals surface area contributed by atoms with Gasteiger partial charge in [-0.2, -0.15) is 0 Å². The molecule has 0 unspecified atom stereocenters. The number of hydrogen-bond acceptors (Lipinski definition) is 4. The van der Waals surface area contributed by atoms with Gasteiger partial charge in [-0.15, -0.1) is 0 Å². The standard InChI is InChI=1S/C19H14Cl2N4O2S/c1-25-18(27)17-16(11-4-2-3-5-14(11)23-17)24-19(25)28-9-15(26)22-10-6-7-12(20)13(21)8-10/h2-8,23H,9H2,1H3,(H,22,26). The molecule has 142 valence electrons. The third kappa shape index (κ3) is 3.48. The summed E-state index contributed by atoms with van der Waals surface area (Å²) in [6.07, 6.45) is 0. The van der Waals surface area contributed by atoms with E-state index in [9.17, 15) is 9.59 Å². The fourth-order valence-corrected chi connectivity index (χ4v) is 3.92. The minimum absolute atomic E-state index is 0.0917. The summed E-state index contributed by atoms with van der Waals surface area (Å²) in [5.74, 6) is -0.148. The SMILES string of the molecule is Cn1c(SCC(=O)Nc2ccc(Cl)c(Cl)c2)nc2c([nH]c3ccccc32)c1=O. The molecule has 0 radical (unpaired) electrons.